The molecule has 0 spiro atoms. The van der Waals surface area contributed by atoms with Gasteiger partial charge in [-0.05, 0) is 32.3 Å². The second-order valence-corrected chi connectivity index (χ2v) is 6.51. The molecule has 0 bridgehead atoms. The third kappa shape index (κ3) is 7.08. The summed E-state index contributed by atoms with van der Waals surface area (Å²) in [5.74, 6) is -0.691. The molecule has 0 aliphatic carbocycles. The van der Waals surface area contributed by atoms with Crippen molar-refractivity contribution in [3.63, 3.8) is 0 Å². The first-order valence-electron chi connectivity index (χ1n) is 9.74. The third-order valence-corrected chi connectivity index (χ3v) is 3.97. The zero-order valence-corrected chi connectivity index (χ0v) is 18.4. The zero-order chi connectivity index (χ0) is 21.9. The number of rotatable bonds is 9. The summed E-state index contributed by atoms with van der Waals surface area (Å²) >= 11 is 0. The molecule has 1 atom stereocenters. The molecule has 5 nitrogen and oxygen atoms in total. The van der Waals surface area contributed by atoms with E-state index in [9.17, 15) is 9.59 Å². The minimum Gasteiger partial charge on any atom is -0.361 e. The molecule has 1 unspecified atom stereocenters. The van der Waals surface area contributed by atoms with Crippen LogP contribution in [0.4, 0.5) is 4.39 Å². The van der Waals surface area contributed by atoms with Gasteiger partial charge in [-0.3, -0.25) is 14.5 Å². The van der Waals surface area contributed by atoms with E-state index in [1.807, 2.05) is 33.8 Å². The molecule has 2 amide bonds. The molecule has 1 aromatic rings. The smallest absolute Gasteiger partial charge is 0.249 e. The number of halogens is 1. The molecule has 6 heteroatoms. The van der Waals surface area contributed by atoms with E-state index in [1.165, 1.54) is 7.05 Å². The lowest BCUT2D eigenvalue weighted by atomic mass is 9.93. The Bertz CT molecular complexity index is 651. The second kappa shape index (κ2) is 13.0. The number of alkyl halides is 1. The summed E-state index contributed by atoms with van der Waals surface area (Å²) in [4.78, 5) is 25.2. The van der Waals surface area contributed by atoms with Crippen LogP contribution in [-0.2, 0) is 14.3 Å². The fraction of sp³-hybridized carbons (Fsp3) is 0.545. The van der Waals surface area contributed by atoms with Crippen molar-refractivity contribution in [2.24, 2.45) is 5.92 Å². The fourth-order valence-electron chi connectivity index (χ4n) is 2.91. The molecule has 1 aromatic carbocycles. The number of nitrogens with one attached hydrogen (secondary N) is 1. The van der Waals surface area contributed by atoms with E-state index in [0.717, 1.165) is 16.0 Å². The Morgan fingerprint density at radius 3 is 2.14 bits per heavy atom. The molecule has 0 fully saturated rings. The first-order valence-corrected chi connectivity index (χ1v) is 9.74. The highest BCUT2D eigenvalue weighted by atomic mass is 19.1. The Morgan fingerprint density at radius 1 is 1.21 bits per heavy atom. The molecule has 0 saturated heterocycles. The lowest BCUT2D eigenvalue weighted by Crippen LogP contribution is -2.33. The Hall–Kier alpha value is -2.21. The molecule has 1 rings (SSSR count). The Morgan fingerprint density at radius 2 is 1.75 bits per heavy atom. The lowest BCUT2D eigenvalue weighted by Gasteiger charge is -2.28. The van der Waals surface area contributed by atoms with Crippen LogP contribution < -0.4 is 5.32 Å². The van der Waals surface area contributed by atoms with E-state index < -0.39 is 12.1 Å². The lowest BCUT2D eigenvalue weighted by molar-refractivity contribution is -0.121. The standard InChI is InChI=1S/C20H29FN2O3.C2H6/c1-7-26-12-23(11-24)19(17(13(2)3)20(25)22-6)18(21)16-9-14(4)8-15(5)10-16;1-2/h8-11,13,18H,7,12H2,1-6H3,(H,22,25);1-2H3/b19-17-;. The molecule has 0 aliphatic rings. The van der Waals surface area contributed by atoms with Crippen molar-refractivity contribution in [3.8, 4) is 0 Å². The topological polar surface area (TPSA) is 58.6 Å². The Balaban J connectivity index is 0.00000352. The van der Waals surface area contributed by atoms with Gasteiger partial charge in [-0.25, -0.2) is 4.39 Å². The Kier molecular flexibility index (Phi) is 12.0. The number of hydrogen-bond acceptors (Lipinski definition) is 3. The monoisotopic (exact) mass is 394 g/mol. The number of nitrogens with zero attached hydrogens (tertiary/aromatic N) is 1. The van der Waals surface area contributed by atoms with Gasteiger partial charge < -0.3 is 10.1 Å². The maximum atomic E-state index is 15.6. The van der Waals surface area contributed by atoms with E-state index in [-0.39, 0.29) is 23.9 Å². The van der Waals surface area contributed by atoms with Crippen LogP contribution in [0.3, 0.4) is 0 Å². The number of allylic oxidation sites excluding steroid dienone is 1. The minimum atomic E-state index is -1.63. The van der Waals surface area contributed by atoms with Crippen molar-refractivity contribution in [1.82, 2.24) is 10.2 Å². The Labute approximate surface area is 168 Å². The van der Waals surface area contributed by atoms with Crippen molar-refractivity contribution >= 4 is 12.3 Å². The van der Waals surface area contributed by atoms with Crippen molar-refractivity contribution < 1.29 is 18.7 Å². The van der Waals surface area contributed by atoms with Gasteiger partial charge in [-0.1, -0.05) is 57.0 Å². The number of aryl methyl sites for hydroxylation is 2. The summed E-state index contributed by atoms with van der Waals surface area (Å²) in [6.07, 6.45) is -1.13. The molecule has 0 radical (unpaired) electrons. The summed E-state index contributed by atoms with van der Waals surface area (Å²) in [5.41, 5.74) is 2.48. The van der Waals surface area contributed by atoms with Crippen LogP contribution in [0.5, 0.6) is 0 Å². The van der Waals surface area contributed by atoms with E-state index in [4.69, 9.17) is 4.74 Å². The maximum Gasteiger partial charge on any atom is 0.249 e. The molecule has 0 aromatic heterocycles. The normalized spacial score (nSPS) is 12.5. The van der Waals surface area contributed by atoms with Crippen LogP contribution in [0.25, 0.3) is 0 Å². The first kappa shape index (κ1) is 25.8. The summed E-state index contributed by atoms with van der Waals surface area (Å²) in [5, 5.41) is 2.54. The summed E-state index contributed by atoms with van der Waals surface area (Å²) < 4.78 is 20.9. The number of carbonyl (C=O) groups is 2. The van der Waals surface area contributed by atoms with E-state index >= 15 is 4.39 Å². The number of ether oxygens (including phenoxy) is 1. The van der Waals surface area contributed by atoms with E-state index in [2.05, 4.69) is 5.32 Å². The third-order valence-electron chi connectivity index (χ3n) is 3.97. The number of hydrogen-bond donors (Lipinski definition) is 1. The maximum absolute atomic E-state index is 15.6. The highest BCUT2D eigenvalue weighted by Gasteiger charge is 2.30. The number of likely N-dealkylation sites (N-methyl/N-ethyl adjacent to an activating group) is 1. The van der Waals surface area contributed by atoms with Crippen LogP contribution >= 0.6 is 0 Å². The van der Waals surface area contributed by atoms with Gasteiger partial charge in [0.15, 0.2) is 6.17 Å². The van der Waals surface area contributed by atoms with Crippen LogP contribution in [0.2, 0.25) is 0 Å². The average molecular weight is 395 g/mol. The van der Waals surface area contributed by atoms with Crippen molar-refractivity contribution in [2.75, 3.05) is 20.4 Å². The molecular weight excluding hydrogens is 359 g/mol. The van der Waals surface area contributed by atoms with E-state index in [1.54, 1.807) is 32.9 Å². The largest absolute Gasteiger partial charge is 0.361 e. The minimum absolute atomic E-state index is 0.0211. The van der Waals surface area contributed by atoms with Gasteiger partial charge in [0.1, 0.15) is 6.73 Å². The quantitative estimate of drug-likeness (QED) is 0.382. The van der Waals surface area contributed by atoms with Crippen molar-refractivity contribution in [3.05, 3.63) is 46.2 Å². The predicted molar refractivity (Wildman–Crippen MR) is 111 cm³/mol. The van der Waals surface area contributed by atoms with Crippen molar-refractivity contribution in [1.29, 1.82) is 0 Å². The van der Waals surface area contributed by atoms with Crippen LogP contribution in [0, 0.1) is 19.8 Å². The number of amides is 2. The van der Waals surface area contributed by atoms with Gasteiger partial charge in [0.25, 0.3) is 0 Å². The number of carbonyl (C=O) groups excluding carboxylic acids is 2. The average Bonchev–Trinajstić information content (AvgIpc) is 2.67. The van der Waals surface area contributed by atoms with Gasteiger partial charge in [0.05, 0.1) is 5.70 Å². The molecule has 28 heavy (non-hydrogen) atoms. The number of benzene rings is 1. The van der Waals surface area contributed by atoms with E-state index in [0.29, 0.717) is 18.6 Å². The molecule has 158 valence electrons. The highest BCUT2D eigenvalue weighted by molar-refractivity contribution is 5.94. The zero-order valence-electron chi connectivity index (χ0n) is 18.4. The summed E-state index contributed by atoms with van der Waals surface area (Å²) in [6, 6.07) is 5.39. The fourth-order valence-corrected chi connectivity index (χ4v) is 2.91. The highest BCUT2D eigenvalue weighted by Crippen LogP contribution is 2.34. The molecule has 1 N–H and O–H groups in total. The molecule has 0 saturated carbocycles. The SMILES string of the molecule is CC.CCOCN(C=O)/C(=C(\C(=O)NC)C(C)C)C(F)c1cc(C)cc(C)c1. The predicted octanol–water partition coefficient (Wildman–Crippen LogP) is 4.45. The molecule has 0 aliphatic heterocycles. The summed E-state index contributed by atoms with van der Waals surface area (Å²) in [6.45, 7) is 13.4. The van der Waals surface area contributed by atoms with Gasteiger partial charge in [-0.2, -0.15) is 0 Å². The van der Waals surface area contributed by atoms with Crippen molar-refractivity contribution in [2.45, 2.75) is 54.6 Å². The van der Waals surface area contributed by atoms with Crippen LogP contribution in [0.15, 0.2) is 29.5 Å². The van der Waals surface area contributed by atoms with Crippen LogP contribution in [0.1, 0.15) is 57.5 Å². The molecular formula is C22H35FN2O3. The van der Waals surface area contributed by atoms with Gasteiger partial charge >= 0.3 is 0 Å². The van der Waals surface area contributed by atoms with Gasteiger partial charge in [0, 0.05) is 19.2 Å². The summed E-state index contributed by atoms with van der Waals surface area (Å²) in [7, 11) is 1.49. The first-order chi connectivity index (χ1) is 13.3. The van der Waals surface area contributed by atoms with Gasteiger partial charge in [0.2, 0.25) is 12.3 Å². The second-order valence-electron chi connectivity index (χ2n) is 6.51. The van der Waals surface area contributed by atoms with Gasteiger partial charge in [-0.15, -0.1) is 0 Å². The van der Waals surface area contributed by atoms with Crippen LogP contribution in [-0.4, -0.2) is 37.6 Å². The molecule has 0 heterocycles.